The van der Waals surface area contributed by atoms with Gasteiger partial charge < -0.3 is 5.32 Å². The summed E-state index contributed by atoms with van der Waals surface area (Å²) in [5, 5.41) is 8.36. The third-order valence-corrected chi connectivity index (χ3v) is 3.42. The SMILES string of the molecule is O=C(N[C@H](c1cccnc1)C(F)(F)F)c1cc(-c2ccncc2)n[nH]1. The van der Waals surface area contributed by atoms with Crippen LogP contribution >= 0.6 is 0 Å². The summed E-state index contributed by atoms with van der Waals surface area (Å²) >= 11 is 0. The fraction of sp³-hybridized carbons (Fsp3) is 0.125. The average Bonchev–Trinajstić information content (AvgIpc) is 3.10. The third kappa shape index (κ3) is 3.82. The molecule has 0 fully saturated rings. The molecule has 3 aromatic rings. The highest BCUT2D eigenvalue weighted by atomic mass is 19.4. The van der Waals surface area contributed by atoms with E-state index in [1.807, 2.05) is 5.32 Å². The first-order valence-electron chi connectivity index (χ1n) is 7.18. The van der Waals surface area contributed by atoms with Crippen LogP contribution in [-0.2, 0) is 0 Å². The molecular formula is C16H12F3N5O. The Labute approximate surface area is 140 Å². The predicted molar refractivity (Wildman–Crippen MR) is 82.3 cm³/mol. The van der Waals surface area contributed by atoms with Gasteiger partial charge in [0.25, 0.3) is 5.91 Å². The molecule has 9 heteroatoms. The summed E-state index contributed by atoms with van der Waals surface area (Å²) in [6.45, 7) is 0. The Hall–Kier alpha value is -3.23. The molecule has 0 aromatic carbocycles. The highest BCUT2D eigenvalue weighted by molar-refractivity contribution is 5.93. The number of carbonyl (C=O) groups excluding carboxylic acids is 1. The standard InChI is InChI=1S/C16H12F3N5O/c17-16(18,19)14(11-2-1-5-21-9-11)22-15(25)13-8-12(23-24-13)10-3-6-20-7-4-10/h1-9,14H,(H,22,25)(H,23,24)/t14-/m1/s1. The average molecular weight is 347 g/mol. The molecule has 0 aliphatic rings. The monoisotopic (exact) mass is 347 g/mol. The quantitative estimate of drug-likeness (QED) is 0.760. The van der Waals surface area contributed by atoms with Gasteiger partial charge in [0.2, 0.25) is 0 Å². The zero-order valence-electron chi connectivity index (χ0n) is 12.7. The first-order chi connectivity index (χ1) is 11.9. The van der Waals surface area contributed by atoms with Crippen molar-refractivity contribution in [3.05, 3.63) is 66.4 Å². The van der Waals surface area contributed by atoms with E-state index >= 15 is 0 Å². The van der Waals surface area contributed by atoms with Crippen LogP contribution in [0.5, 0.6) is 0 Å². The number of carbonyl (C=O) groups is 1. The molecule has 3 heterocycles. The number of alkyl halides is 3. The lowest BCUT2D eigenvalue weighted by Gasteiger charge is -2.21. The number of amides is 1. The lowest BCUT2D eigenvalue weighted by molar-refractivity contribution is -0.155. The maximum absolute atomic E-state index is 13.3. The number of H-pyrrole nitrogens is 1. The molecule has 3 aromatic heterocycles. The molecule has 0 saturated heterocycles. The van der Waals surface area contributed by atoms with Crippen LogP contribution in [0, 0.1) is 0 Å². The van der Waals surface area contributed by atoms with Crippen molar-refractivity contribution in [3.63, 3.8) is 0 Å². The molecule has 1 amide bonds. The Morgan fingerprint density at radius 1 is 1.12 bits per heavy atom. The maximum Gasteiger partial charge on any atom is 0.412 e. The smallest absolute Gasteiger partial charge is 0.335 e. The van der Waals surface area contributed by atoms with Crippen LogP contribution in [0.4, 0.5) is 13.2 Å². The Morgan fingerprint density at radius 3 is 2.52 bits per heavy atom. The van der Waals surface area contributed by atoms with Gasteiger partial charge in [0.1, 0.15) is 5.69 Å². The predicted octanol–water partition coefficient (Wildman–Crippen LogP) is 2.90. The van der Waals surface area contributed by atoms with Crippen LogP contribution in [0.1, 0.15) is 22.1 Å². The second-order valence-electron chi connectivity index (χ2n) is 5.14. The van der Waals surface area contributed by atoms with E-state index in [0.29, 0.717) is 11.3 Å². The molecule has 0 saturated carbocycles. The number of hydrogen-bond acceptors (Lipinski definition) is 4. The van der Waals surface area contributed by atoms with Crippen molar-refractivity contribution in [2.45, 2.75) is 12.2 Å². The minimum Gasteiger partial charge on any atom is -0.335 e. The van der Waals surface area contributed by atoms with E-state index in [1.54, 1.807) is 24.5 Å². The lowest BCUT2D eigenvalue weighted by Crippen LogP contribution is -2.38. The van der Waals surface area contributed by atoms with Gasteiger partial charge in [0.05, 0.1) is 5.69 Å². The Morgan fingerprint density at radius 2 is 1.88 bits per heavy atom. The highest BCUT2D eigenvalue weighted by Crippen LogP contribution is 2.32. The van der Waals surface area contributed by atoms with Gasteiger partial charge in [-0.3, -0.25) is 19.9 Å². The molecule has 0 radical (unpaired) electrons. The number of pyridine rings is 2. The second-order valence-corrected chi connectivity index (χ2v) is 5.14. The van der Waals surface area contributed by atoms with Gasteiger partial charge in [-0.05, 0) is 24.3 Å². The van der Waals surface area contributed by atoms with Gasteiger partial charge >= 0.3 is 6.18 Å². The van der Waals surface area contributed by atoms with Crippen molar-refractivity contribution in [2.75, 3.05) is 0 Å². The first kappa shape index (κ1) is 16.6. The number of halogens is 3. The zero-order valence-corrected chi connectivity index (χ0v) is 12.7. The van der Waals surface area contributed by atoms with E-state index in [2.05, 4.69) is 20.2 Å². The molecule has 128 valence electrons. The normalized spacial score (nSPS) is 12.6. The van der Waals surface area contributed by atoms with E-state index in [1.165, 1.54) is 24.4 Å². The Bertz CT molecular complexity index is 849. The Balaban J connectivity index is 1.82. The van der Waals surface area contributed by atoms with Crippen LogP contribution in [0.25, 0.3) is 11.3 Å². The molecule has 0 bridgehead atoms. The van der Waals surface area contributed by atoms with Crippen molar-refractivity contribution in [1.82, 2.24) is 25.5 Å². The summed E-state index contributed by atoms with van der Waals surface area (Å²) < 4.78 is 39.8. The van der Waals surface area contributed by atoms with Gasteiger partial charge in [-0.2, -0.15) is 18.3 Å². The summed E-state index contributed by atoms with van der Waals surface area (Å²) in [5.41, 5.74) is 0.879. The van der Waals surface area contributed by atoms with Gasteiger partial charge in [-0.15, -0.1) is 0 Å². The fourth-order valence-corrected chi connectivity index (χ4v) is 2.22. The third-order valence-electron chi connectivity index (χ3n) is 3.42. The van der Waals surface area contributed by atoms with Crippen molar-refractivity contribution in [1.29, 1.82) is 0 Å². The van der Waals surface area contributed by atoms with Crippen LogP contribution < -0.4 is 5.32 Å². The zero-order chi connectivity index (χ0) is 17.9. The summed E-state index contributed by atoms with van der Waals surface area (Å²) in [6, 6.07) is 5.18. The van der Waals surface area contributed by atoms with E-state index in [0.717, 1.165) is 6.20 Å². The summed E-state index contributed by atoms with van der Waals surface area (Å²) in [7, 11) is 0. The van der Waals surface area contributed by atoms with Gasteiger partial charge in [-0.25, -0.2) is 0 Å². The van der Waals surface area contributed by atoms with Crippen molar-refractivity contribution >= 4 is 5.91 Å². The van der Waals surface area contributed by atoms with Crippen LogP contribution in [-0.4, -0.2) is 32.2 Å². The van der Waals surface area contributed by atoms with Gasteiger partial charge in [0.15, 0.2) is 6.04 Å². The highest BCUT2D eigenvalue weighted by Gasteiger charge is 2.42. The molecule has 2 N–H and O–H groups in total. The minimum atomic E-state index is -4.66. The molecular weight excluding hydrogens is 335 g/mol. The largest absolute Gasteiger partial charge is 0.412 e. The van der Waals surface area contributed by atoms with Crippen LogP contribution in [0.15, 0.2) is 55.1 Å². The van der Waals surface area contributed by atoms with Crippen LogP contribution in [0.3, 0.4) is 0 Å². The first-order valence-corrected chi connectivity index (χ1v) is 7.18. The lowest BCUT2D eigenvalue weighted by atomic mass is 10.1. The molecule has 0 spiro atoms. The fourth-order valence-electron chi connectivity index (χ4n) is 2.22. The molecule has 3 rings (SSSR count). The Kier molecular flexibility index (Phi) is 4.46. The maximum atomic E-state index is 13.3. The molecule has 0 unspecified atom stereocenters. The van der Waals surface area contributed by atoms with E-state index < -0.39 is 18.1 Å². The molecule has 1 atom stereocenters. The van der Waals surface area contributed by atoms with Crippen molar-refractivity contribution in [2.24, 2.45) is 0 Å². The molecule has 0 aliphatic heterocycles. The van der Waals surface area contributed by atoms with Gasteiger partial charge in [-0.1, -0.05) is 6.07 Å². The number of aromatic nitrogens is 4. The summed E-state index contributed by atoms with van der Waals surface area (Å²) in [6.07, 6.45) is 0.854. The summed E-state index contributed by atoms with van der Waals surface area (Å²) in [5.74, 6) is -0.918. The second kappa shape index (κ2) is 6.71. The van der Waals surface area contributed by atoms with Crippen molar-refractivity contribution < 1.29 is 18.0 Å². The topological polar surface area (TPSA) is 83.6 Å². The van der Waals surface area contributed by atoms with Crippen molar-refractivity contribution in [3.8, 4) is 11.3 Å². The number of hydrogen-bond donors (Lipinski definition) is 2. The van der Waals surface area contributed by atoms with Crippen LogP contribution in [0.2, 0.25) is 0 Å². The van der Waals surface area contributed by atoms with E-state index in [9.17, 15) is 18.0 Å². The summed E-state index contributed by atoms with van der Waals surface area (Å²) in [4.78, 5) is 19.7. The van der Waals surface area contributed by atoms with E-state index in [4.69, 9.17) is 0 Å². The number of aromatic amines is 1. The van der Waals surface area contributed by atoms with E-state index in [-0.39, 0.29) is 11.3 Å². The number of rotatable bonds is 4. The minimum absolute atomic E-state index is 0.0787. The number of nitrogens with one attached hydrogen (secondary N) is 2. The molecule has 6 nitrogen and oxygen atoms in total. The number of nitrogens with zero attached hydrogens (tertiary/aromatic N) is 3. The van der Waals surface area contributed by atoms with Gasteiger partial charge in [0, 0.05) is 35.9 Å². The molecule has 0 aliphatic carbocycles. The molecule has 25 heavy (non-hydrogen) atoms.